The van der Waals surface area contributed by atoms with Crippen LogP contribution in [0.4, 0.5) is 4.39 Å². The van der Waals surface area contributed by atoms with Crippen LogP contribution in [-0.2, 0) is 0 Å². The van der Waals surface area contributed by atoms with E-state index < -0.39 is 5.67 Å². The number of hydrogen-bond donors (Lipinski definition) is 1. The van der Waals surface area contributed by atoms with Crippen LogP contribution in [0, 0.1) is 5.41 Å². The lowest BCUT2D eigenvalue weighted by molar-refractivity contribution is -0.0595. The molecule has 0 spiro atoms. The van der Waals surface area contributed by atoms with Crippen molar-refractivity contribution >= 4 is 0 Å². The van der Waals surface area contributed by atoms with Crippen LogP contribution in [0.3, 0.4) is 0 Å². The Morgan fingerprint density at radius 2 is 1.92 bits per heavy atom. The van der Waals surface area contributed by atoms with Gasteiger partial charge < -0.3 is 5.11 Å². The minimum absolute atomic E-state index is 0.109. The lowest BCUT2D eigenvalue weighted by Crippen LogP contribution is -2.59. The molecule has 1 rings (SSSR count). The van der Waals surface area contributed by atoms with Gasteiger partial charge in [-0.05, 0) is 12.3 Å². The second-order valence-electron chi connectivity index (χ2n) is 5.46. The molecule has 0 aromatic rings. The molecule has 1 heterocycles. The minimum Gasteiger partial charge on any atom is -0.391 e. The Morgan fingerprint density at radius 3 is 2.23 bits per heavy atom. The van der Waals surface area contributed by atoms with Crippen molar-refractivity contribution in [2.75, 3.05) is 19.6 Å². The third kappa shape index (κ3) is 2.92. The molecule has 13 heavy (non-hydrogen) atoms. The number of aliphatic hydroxyl groups is 1. The molecule has 0 radical (unpaired) electrons. The summed E-state index contributed by atoms with van der Waals surface area (Å²) in [4.78, 5) is 1.95. The Hall–Kier alpha value is -0.150. The van der Waals surface area contributed by atoms with E-state index >= 15 is 0 Å². The van der Waals surface area contributed by atoms with Crippen LogP contribution < -0.4 is 0 Å². The Bertz CT molecular complexity index is 178. The first kappa shape index (κ1) is 10.9. The summed E-state index contributed by atoms with van der Waals surface area (Å²) >= 11 is 0. The first-order valence-corrected chi connectivity index (χ1v) is 4.80. The second-order valence-corrected chi connectivity index (χ2v) is 5.46. The van der Waals surface area contributed by atoms with Crippen LogP contribution in [0.25, 0.3) is 0 Å². The Balaban J connectivity index is 2.28. The zero-order chi connectivity index (χ0) is 10.3. The third-order valence-electron chi connectivity index (χ3n) is 2.54. The molecule has 1 saturated heterocycles. The molecule has 0 aromatic carbocycles. The maximum Gasteiger partial charge on any atom is 0.133 e. The monoisotopic (exact) mass is 189 g/mol. The van der Waals surface area contributed by atoms with E-state index in [-0.39, 0.29) is 11.5 Å². The molecule has 1 fully saturated rings. The van der Waals surface area contributed by atoms with Crippen LogP contribution in [-0.4, -0.2) is 41.4 Å². The smallest absolute Gasteiger partial charge is 0.133 e. The van der Waals surface area contributed by atoms with Crippen molar-refractivity contribution in [3.05, 3.63) is 0 Å². The highest BCUT2D eigenvalue weighted by Crippen LogP contribution is 2.27. The Kier molecular flexibility index (Phi) is 2.70. The van der Waals surface area contributed by atoms with Gasteiger partial charge in [-0.1, -0.05) is 20.8 Å². The zero-order valence-electron chi connectivity index (χ0n) is 8.97. The van der Waals surface area contributed by atoms with Crippen LogP contribution >= 0.6 is 0 Å². The highest BCUT2D eigenvalue weighted by Gasteiger charge is 2.40. The molecule has 0 aromatic heterocycles. The fraction of sp³-hybridized carbons (Fsp3) is 1.00. The average molecular weight is 189 g/mol. The molecular formula is C10H20FNO. The Labute approximate surface area is 79.7 Å². The van der Waals surface area contributed by atoms with E-state index in [0.717, 1.165) is 0 Å². The molecule has 0 saturated carbocycles. The molecule has 3 heteroatoms. The normalized spacial score (nSPS) is 25.4. The predicted octanol–water partition coefficient (Wildman–Crippen LogP) is 1.44. The van der Waals surface area contributed by atoms with Gasteiger partial charge in [0.15, 0.2) is 0 Å². The SMILES string of the molecule is CC1(F)CN(CC(O)C(C)(C)C)C1. The summed E-state index contributed by atoms with van der Waals surface area (Å²) in [6.07, 6.45) is -0.372. The van der Waals surface area contributed by atoms with Crippen molar-refractivity contribution in [2.24, 2.45) is 5.41 Å². The van der Waals surface area contributed by atoms with Gasteiger partial charge in [-0.3, -0.25) is 4.90 Å². The largest absolute Gasteiger partial charge is 0.391 e. The number of aliphatic hydroxyl groups excluding tert-OH is 1. The van der Waals surface area contributed by atoms with Gasteiger partial charge in [0.25, 0.3) is 0 Å². The van der Waals surface area contributed by atoms with Crippen LogP contribution in [0.15, 0.2) is 0 Å². The van der Waals surface area contributed by atoms with E-state index in [4.69, 9.17) is 0 Å². The van der Waals surface area contributed by atoms with Crippen molar-refractivity contribution in [1.82, 2.24) is 4.90 Å². The molecule has 0 bridgehead atoms. The van der Waals surface area contributed by atoms with Crippen molar-refractivity contribution in [3.8, 4) is 0 Å². The third-order valence-corrected chi connectivity index (χ3v) is 2.54. The van der Waals surface area contributed by atoms with Crippen LogP contribution in [0.2, 0.25) is 0 Å². The van der Waals surface area contributed by atoms with Crippen LogP contribution in [0.5, 0.6) is 0 Å². The molecule has 1 aliphatic rings. The van der Waals surface area contributed by atoms with Gasteiger partial charge in [0.1, 0.15) is 5.67 Å². The summed E-state index contributed by atoms with van der Waals surface area (Å²) in [6, 6.07) is 0. The second kappa shape index (κ2) is 3.21. The van der Waals surface area contributed by atoms with Crippen molar-refractivity contribution < 1.29 is 9.50 Å². The van der Waals surface area contributed by atoms with E-state index in [0.29, 0.717) is 19.6 Å². The molecule has 0 amide bonds. The molecule has 0 aliphatic carbocycles. The van der Waals surface area contributed by atoms with Crippen LogP contribution in [0.1, 0.15) is 27.7 Å². The molecule has 78 valence electrons. The van der Waals surface area contributed by atoms with Gasteiger partial charge in [0.2, 0.25) is 0 Å². The van der Waals surface area contributed by atoms with Gasteiger partial charge in [-0.15, -0.1) is 0 Å². The Morgan fingerprint density at radius 1 is 1.46 bits per heavy atom. The fourth-order valence-electron chi connectivity index (χ4n) is 1.53. The molecule has 2 nitrogen and oxygen atoms in total. The van der Waals surface area contributed by atoms with Crippen molar-refractivity contribution in [3.63, 3.8) is 0 Å². The standard InChI is InChI=1S/C10H20FNO/c1-9(2,3)8(13)5-12-6-10(4,11)7-12/h8,13H,5-7H2,1-4H3. The van der Waals surface area contributed by atoms with Gasteiger partial charge in [0, 0.05) is 19.6 Å². The van der Waals surface area contributed by atoms with Crippen molar-refractivity contribution in [1.29, 1.82) is 0 Å². The number of likely N-dealkylation sites (tertiary alicyclic amines) is 1. The molecular weight excluding hydrogens is 169 g/mol. The summed E-state index contributed by atoms with van der Waals surface area (Å²) in [6.45, 7) is 9.08. The molecule has 1 atom stereocenters. The maximum absolute atomic E-state index is 13.1. The summed E-state index contributed by atoms with van der Waals surface area (Å²) in [5.41, 5.74) is -1.14. The molecule has 1 unspecified atom stereocenters. The highest BCUT2D eigenvalue weighted by atomic mass is 19.1. The number of rotatable bonds is 2. The minimum atomic E-state index is -1.03. The van der Waals surface area contributed by atoms with E-state index in [9.17, 15) is 9.50 Å². The predicted molar refractivity (Wildman–Crippen MR) is 51.4 cm³/mol. The maximum atomic E-state index is 13.1. The summed E-state index contributed by atoms with van der Waals surface area (Å²) < 4.78 is 13.1. The lowest BCUT2D eigenvalue weighted by Gasteiger charge is -2.44. The zero-order valence-corrected chi connectivity index (χ0v) is 8.97. The van der Waals surface area contributed by atoms with E-state index in [2.05, 4.69) is 0 Å². The quantitative estimate of drug-likeness (QED) is 0.710. The fourth-order valence-corrected chi connectivity index (χ4v) is 1.53. The van der Waals surface area contributed by atoms with E-state index in [1.54, 1.807) is 6.92 Å². The van der Waals surface area contributed by atoms with E-state index in [1.807, 2.05) is 25.7 Å². The van der Waals surface area contributed by atoms with Gasteiger partial charge in [0.05, 0.1) is 6.10 Å². The van der Waals surface area contributed by atoms with Gasteiger partial charge >= 0.3 is 0 Å². The number of hydrogen-bond acceptors (Lipinski definition) is 2. The molecule has 1 aliphatic heterocycles. The summed E-state index contributed by atoms with van der Waals surface area (Å²) in [5.74, 6) is 0. The number of halogens is 1. The summed E-state index contributed by atoms with van der Waals surface area (Å²) in [5, 5.41) is 9.73. The lowest BCUT2D eigenvalue weighted by atomic mass is 9.87. The summed E-state index contributed by atoms with van der Waals surface area (Å²) in [7, 11) is 0. The number of β-amino-alcohol motifs (C(OH)–C–C–N with tert-alkyl or cyclic N) is 1. The van der Waals surface area contributed by atoms with Gasteiger partial charge in [-0.25, -0.2) is 4.39 Å². The highest BCUT2D eigenvalue weighted by molar-refractivity contribution is 4.93. The first-order valence-electron chi connectivity index (χ1n) is 4.80. The van der Waals surface area contributed by atoms with E-state index in [1.165, 1.54) is 0 Å². The van der Waals surface area contributed by atoms with Crippen molar-refractivity contribution in [2.45, 2.75) is 39.5 Å². The number of alkyl halides is 1. The first-order chi connectivity index (χ1) is 5.71. The topological polar surface area (TPSA) is 23.5 Å². The number of nitrogens with zero attached hydrogens (tertiary/aromatic N) is 1. The van der Waals surface area contributed by atoms with Gasteiger partial charge in [-0.2, -0.15) is 0 Å². The molecule has 1 N–H and O–H groups in total. The average Bonchev–Trinajstić information content (AvgIpc) is 1.80.